The van der Waals surface area contributed by atoms with Crippen LogP contribution in [0.15, 0.2) is 84.7 Å². The molecule has 2 aromatic rings. The zero-order chi connectivity index (χ0) is 22.9. The van der Waals surface area contributed by atoms with Crippen LogP contribution in [-0.2, 0) is 21.1 Å². The van der Waals surface area contributed by atoms with Crippen molar-refractivity contribution >= 4 is 11.4 Å². The number of allylic oxidation sites excluding steroid dienone is 2. The molecule has 0 atom stereocenters. The summed E-state index contributed by atoms with van der Waals surface area (Å²) in [5.74, 6) is 0. The van der Waals surface area contributed by atoms with Gasteiger partial charge in [-0.25, -0.2) is 0 Å². The molecule has 0 saturated heterocycles. The fourth-order valence-electron chi connectivity index (χ4n) is 3.03. The van der Waals surface area contributed by atoms with Crippen LogP contribution in [0.5, 0.6) is 0 Å². The number of nitrogens with zero attached hydrogens (tertiary/aromatic N) is 4. The van der Waals surface area contributed by atoms with Gasteiger partial charge in [-0.2, -0.15) is 87.0 Å². The Kier molecular flexibility index (Phi) is 7.17. The summed E-state index contributed by atoms with van der Waals surface area (Å²) in [6, 6.07) is 18.4. The molecular formula is C22H14F6N4Pt. The summed E-state index contributed by atoms with van der Waals surface area (Å²) in [6.07, 6.45) is -5.95. The summed E-state index contributed by atoms with van der Waals surface area (Å²) in [4.78, 5) is 3.79. The van der Waals surface area contributed by atoms with E-state index in [1.165, 1.54) is 21.9 Å². The van der Waals surface area contributed by atoms with Crippen LogP contribution in [0.3, 0.4) is 0 Å². The Bertz CT molecular complexity index is 951. The molecule has 0 fully saturated rings. The predicted molar refractivity (Wildman–Crippen MR) is 105 cm³/mol. The summed E-state index contributed by atoms with van der Waals surface area (Å²) < 4.78 is 81.1. The van der Waals surface area contributed by atoms with E-state index in [2.05, 4.69) is 12.1 Å². The Hall–Kier alpha value is -2.87. The molecule has 0 aromatic heterocycles. The molecule has 2 aliphatic heterocycles. The summed E-state index contributed by atoms with van der Waals surface area (Å²) in [5.41, 5.74) is -1.42. The van der Waals surface area contributed by atoms with Crippen molar-refractivity contribution in [2.24, 2.45) is 0 Å². The van der Waals surface area contributed by atoms with Gasteiger partial charge in [-0.3, -0.25) is 0 Å². The quantitative estimate of drug-likeness (QED) is 0.311. The molecular weight excluding hydrogens is 629 g/mol. The zero-order valence-electron chi connectivity index (χ0n) is 16.5. The van der Waals surface area contributed by atoms with Crippen LogP contribution < -0.4 is 9.80 Å². The number of alkyl halides is 6. The maximum absolute atomic E-state index is 13.5. The molecule has 2 heterocycles. The van der Waals surface area contributed by atoms with E-state index in [1.807, 2.05) is 0 Å². The Morgan fingerprint density at radius 2 is 1.06 bits per heavy atom. The van der Waals surface area contributed by atoms with Crippen molar-refractivity contribution in [1.29, 1.82) is 0 Å². The van der Waals surface area contributed by atoms with Crippen LogP contribution in [-0.4, -0.2) is 22.2 Å². The Balaban J connectivity index is 0.00000306. The van der Waals surface area contributed by atoms with E-state index in [0.717, 1.165) is 38.1 Å². The second-order valence-electron chi connectivity index (χ2n) is 6.68. The molecule has 4 rings (SSSR count). The SMILES string of the molecule is FC(F)(F)C1=CN(c2[c-]cccc2)[CH-]N1/C=C\N1[CH-]N(c2[c-]cccc2)C=C1C(F)(F)F.[Pt+4]. The van der Waals surface area contributed by atoms with Crippen LogP contribution >= 0.6 is 0 Å². The molecule has 0 N–H and O–H groups in total. The van der Waals surface area contributed by atoms with Gasteiger partial charge in [-0.1, -0.05) is 0 Å². The maximum atomic E-state index is 13.5. The smallest absolute Gasteiger partial charge is 0.499 e. The fraction of sp³-hybridized carbons (Fsp3) is 0.0909. The number of para-hydroxylation sites is 2. The van der Waals surface area contributed by atoms with Crippen molar-refractivity contribution in [2.75, 3.05) is 9.80 Å². The summed E-state index contributed by atoms with van der Waals surface area (Å²) >= 11 is 0. The summed E-state index contributed by atoms with van der Waals surface area (Å²) in [6.45, 7) is 2.22. The molecule has 11 heteroatoms. The van der Waals surface area contributed by atoms with Crippen LogP contribution in [0.4, 0.5) is 37.7 Å². The third-order valence-corrected chi connectivity index (χ3v) is 4.49. The topological polar surface area (TPSA) is 13.0 Å². The van der Waals surface area contributed by atoms with Gasteiger partial charge in [0.2, 0.25) is 0 Å². The Morgan fingerprint density at radius 3 is 1.36 bits per heavy atom. The third kappa shape index (κ3) is 5.55. The molecule has 33 heavy (non-hydrogen) atoms. The Labute approximate surface area is 200 Å². The van der Waals surface area contributed by atoms with E-state index < -0.39 is 23.7 Å². The molecule has 0 aliphatic carbocycles. The summed E-state index contributed by atoms with van der Waals surface area (Å²) in [7, 11) is 0. The Morgan fingerprint density at radius 1 is 0.667 bits per heavy atom. The first-order valence-corrected chi connectivity index (χ1v) is 9.16. The van der Waals surface area contributed by atoms with Gasteiger partial charge < -0.3 is 19.6 Å². The second-order valence-corrected chi connectivity index (χ2v) is 6.68. The van der Waals surface area contributed by atoms with Crippen molar-refractivity contribution in [2.45, 2.75) is 12.4 Å². The van der Waals surface area contributed by atoms with E-state index >= 15 is 0 Å². The molecule has 0 bridgehead atoms. The van der Waals surface area contributed by atoms with Crippen molar-refractivity contribution in [3.05, 3.63) is 110 Å². The number of hydrogen-bond acceptors (Lipinski definition) is 4. The molecule has 0 radical (unpaired) electrons. The summed E-state index contributed by atoms with van der Waals surface area (Å²) in [5, 5.41) is 0. The molecule has 2 aromatic carbocycles. The minimum Gasteiger partial charge on any atom is -0.499 e. The van der Waals surface area contributed by atoms with Gasteiger partial charge in [0.25, 0.3) is 0 Å². The van der Waals surface area contributed by atoms with E-state index in [4.69, 9.17) is 0 Å². The molecule has 174 valence electrons. The van der Waals surface area contributed by atoms with Crippen molar-refractivity contribution < 1.29 is 47.4 Å². The number of benzene rings is 2. The van der Waals surface area contributed by atoms with Crippen LogP contribution in [0, 0.1) is 25.5 Å². The van der Waals surface area contributed by atoms with Crippen molar-refractivity contribution in [1.82, 2.24) is 9.80 Å². The molecule has 0 unspecified atom stereocenters. The molecule has 0 saturated carbocycles. The average Bonchev–Trinajstić information content (AvgIpc) is 3.38. The number of hydrogen-bond donors (Lipinski definition) is 0. The molecule has 2 aliphatic rings. The first kappa shape index (κ1) is 24.8. The third-order valence-electron chi connectivity index (χ3n) is 4.49. The number of rotatable bonds is 4. The maximum Gasteiger partial charge on any atom is 4.00 e. The molecule has 0 amide bonds. The largest absolute Gasteiger partial charge is 4.00 e. The van der Waals surface area contributed by atoms with Gasteiger partial charge in [0.05, 0.1) is 0 Å². The first-order chi connectivity index (χ1) is 15.1. The minimum absolute atomic E-state index is 0. The zero-order valence-corrected chi connectivity index (χ0v) is 18.7. The van der Waals surface area contributed by atoms with E-state index in [9.17, 15) is 26.3 Å². The van der Waals surface area contributed by atoms with E-state index in [-0.39, 0.29) is 21.1 Å². The second kappa shape index (κ2) is 9.55. The first-order valence-electron chi connectivity index (χ1n) is 9.16. The van der Waals surface area contributed by atoms with Crippen LogP contribution in [0.1, 0.15) is 0 Å². The molecule has 4 nitrogen and oxygen atoms in total. The molecule has 0 spiro atoms. The van der Waals surface area contributed by atoms with Crippen molar-refractivity contribution in [3.63, 3.8) is 0 Å². The van der Waals surface area contributed by atoms with Crippen LogP contribution in [0.25, 0.3) is 0 Å². The average molecular weight is 643 g/mol. The fourth-order valence-corrected chi connectivity index (χ4v) is 3.03. The van der Waals surface area contributed by atoms with Gasteiger partial charge in [0.1, 0.15) is 11.4 Å². The van der Waals surface area contributed by atoms with Crippen molar-refractivity contribution in [3.8, 4) is 0 Å². The minimum atomic E-state index is -4.73. The van der Waals surface area contributed by atoms with Gasteiger partial charge in [-0.15, -0.1) is 24.7 Å². The van der Waals surface area contributed by atoms with Crippen LogP contribution in [0.2, 0.25) is 0 Å². The van der Waals surface area contributed by atoms with E-state index in [1.54, 1.807) is 36.4 Å². The standard InChI is InChI=1S/C22H14F6N4.Pt/c23-21(24,25)19-13-31(17-7-3-1-4-8-17)15-29(19)11-12-30-16-32(14-20(30)22(26,27)28)18-9-5-2-6-10-18;/h1-7,9,11-16H;/q-4;+4/b12-11-;. The number of halogens is 6. The predicted octanol–water partition coefficient (Wildman–Crippen LogP) is 5.75. The number of anilines is 2. The van der Waals surface area contributed by atoms with Gasteiger partial charge in [0, 0.05) is 12.4 Å². The van der Waals surface area contributed by atoms with Gasteiger partial charge in [-0.05, 0) is 12.4 Å². The monoisotopic (exact) mass is 643 g/mol. The normalized spacial score (nSPS) is 16.9. The van der Waals surface area contributed by atoms with Gasteiger partial charge in [0.15, 0.2) is 0 Å². The van der Waals surface area contributed by atoms with Gasteiger partial charge >= 0.3 is 33.4 Å². The van der Waals surface area contributed by atoms with E-state index in [0.29, 0.717) is 21.2 Å².